The molecule has 2 aliphatic heterocycles. The third-order valence-corrected chi connectivity index (χ3v) is 6.78. The quantitative estimate of drug-likeness (QED) is 0.625. The van der Waals surface area contributed by atoms with Crippen molar-refractivity contribution < 1.29 is 9.53 Å². The zero-order valence-electron chi connectivity index (χ0n) is 17.3. The zero-order chi connectivity index (χ0) is 21.0. The van der Waals surface area contributed by atoms with Crippen molar-refractivity contribution in [1.29, 1.82) is 0 Å². The molecule has 0 spiro atoms. The number of hydrogen-bond acceptors (Lipinski definition) is 7. The summed E-state index contributed by atoms with van der Waals surface area (Å²) in [6.07, 6.45) is 7.49. The number of aromatic nitrogens is 3. The van der Waals surface area contributed by atoms with Crippen LogP contribution < -0.4 is 4.90 Å². The van der Waals surface area contributed by atoms with Crippen LogP contribution in [0.3, 0.4) is 0 Å². The minimum atomic E-state index is 0.118. The van der Waals surface area contributed by atoms with Crippen LogP contribution in [0.4, 0.5) is 5.95 Å². The first-order valence-corrected chi connectivity index (χ1v) is 11.6. The van der Waals surface area contributed by atoms with Gasteiger partial charge < -0.3 is 14.5 Å². The zero-order valence-corrected chi connectivity index (χ0v) is 18.1. The molecule has 0 radical (unpaired) electrons. The third-order valence-electron chi connectivity index (χ3n) is 5.92. The number of ether oxygens (including phenoxy) is 1. The maximum Gasteiger partial charge on any atom is 0.263 e. The van der Waals surface area contributed by atoms with Crippen LogP contribution in [0.25, 0.3) is 11.1 Å². The van der Waals surface area contributed by atoms with Crippen molar-refractivity contribution in [2.45, 2.75) is 18.8 Å². The molecule has 1 atom stereocenters. The van der Waals surface area contributed by atoms with Crippen LogP contribution >= 0.6 is 11.3 Å². The number of carbonyl (C=O) groups excluding carboxylic acids is 1. The molecule has 2 saturated heterocycles. The predicted octanol–water partition coefficient (Wildman–Crippen LogP) is 3.46. The Bertz CT molecular complexity index is 1020. The fourth-order valence-electron chi connectivity index (χ4n) is 4.31. The largest absolute Gasteiger partial charge is 0.378 e. The molecule has 8 heteroatoms. The summed E-state index contributed by atoms with van der Waals surface area (Å²) in [6.45, 7) is 4.44. The Morgan fingerprint density at radius 3 is 2.74 bits per heavy atom. The van der Waals surface area contributed by atoms with Crippen LogP contribution in [0.15, 0.2) is 48.2 Å². The van der Waals surface area contributed by atoms with E-state index >= 15 is 0 Å². The number of pyridine rings is 1. The highest BCUT2D eigenvalue weighted by Gasteiger charge is 2.29. The lowest BCUT2D eigenvalue weighted by molar-refractivity contribution is 0.0711. The highest BCUT2D eigenvalue weighted by atomic mass is 32.1. The van der Waals surface area contributed by atoms with Crippen LogP contribution in [-0.2, 0) is 4.74 Å². The highest BCUT2D eigenvalue weighted by Crippen LogP contribution is 2.34. The van der Waals surface area contributed by atoms with Crippen molar-refractivity contribution in [1.82, 2.24) is 19.9 Å². The summed E-state index contributed by atoms with van der Waals surface area (Å²) in [5, 5.41) is 1.95. The van der Waals surface area contributed by atoms with Gasteiger partial charge in [-0.05, 0) is 42.0 Å². The van der Waals surface area contributed by atoms with Gasteiger partial charge in [-0.3, -0.25) is 9.78 Å². The Kier molecular flexibility index (Phi) is 5.90. The molecule has 0 unspecified atom stereocenters. The highest BCUT2D eigenvalue weighted by molar-refractivity contribution is 7.12. The summed E-state index contributed by atoms with van der Waals surface area (Å²) >= 11 is 1.50. The van der Waals surface area contributed by atoms with Gasteiger partial charge in [-0.15, -0.1) is 11.3 Å². The van der Waals surface area contributed by atoms with E-state index in [2.05, 4.69) is 14.9 Å². The van der Waals surface area contributed by atoms with Gasteiger partial charge in [0.2, 0.25) is 5.95 Å². The molecule has 0 aliphatic carbocycles. The lowest BCUT2D eigenvalue weighted by atomic mass is 9.90. The second-order valence-corrected chi connectivity index (χ2v) is 8.82. The number of likely N-dealkylation sites (tertiary alicyclic amines) is 1. The molecule has 7 nitrogen and oxygen atoms in total. The molecule has 0 bridgehead atoms. The first-order valence-electron chi connectivity index (χ1n) is 10.7. The second kappa shape index (κ2) is 9.11. The number of hydrogen-bond donors (Lipinski definition) is 0. The van der Waals surface area contributed by atoms with Gasteiger partial charge >= 0.3 is 0 Å². The Morgan fingerprint density at radius 2 is 1.97 bits per heavy atom. The normalized spacial score (nSPS) is 19.4. The molecule has 5 rings (SSSR count). The van der Waals surface area contributed by atoms with Gasteiger partial charge in [-0.1, -0.05) is 6.07 Å². The Labute approximate surface area is 185 Å². The summed E-state index contributed by atoms with van der Waals surface area (Å²) in [7, 11) is 0. The Hall–Kier alpha value is -2.84. The van der Waals surface area contributed by atoms with Gasteiger partial charge in [0, 0.05) is 56.3 Å². The van der Waals surface area contributed by atoms with Gasteiger partial charge in [-0.25, -0.2) is 9.97 Å². The monoisotopic (exact) mass is 435 g/mol. The Morgan fingerprint density at radius 1 is 1.13 bits per heavy atom. The molecule has 5 heterocycles. The summed E-state index contributed by atoms with van der Waals surface area (Å²) in [5.74, 6) is 1.04. The molecule has 3 aromatic rings. The van der Waals surface area contributed by atoms with E-state index in [0.29, 0.717) is 19.8 Å². The number of carbonyl (C=O) groups is 1. The Balaban J connectivity index is 1.48. The van der Waals surface area contributed by atoms with E-state index < -0.39 is 0 Å². The topological polar surface area (TPSA) is 71.5 Å². The van der Waals surface area contributed by atoms with Crippen LogP contribution in [0, 0.1) is 0 Å². The van der Waals surface area contributed by atoms with Crippen molar-refractivity contribution in [2.75, 3.05) is 44.3 Å². The molecular weight excluding hydrogens is 410 g/mol. The van der Waals surface area contributed by atoms with E-state index in [0.717, 1.165) is 60.1 Å². The van der Waals surface area contributed by atoms with E-state index in [1.54, 1.807) is 12.4 Å². The molecule has 2 fully saturated rings. The number of rotatable bonds is 4. The summed E-state index contributed by atoms with van der Waals surface area (Å²) in [6, 6.07) is 7.82. The minimum Gasteiger partial charge on any atom is -0.378 e. The number of nitrogens with zero attached hydrogens (tertiary/aromatic N) is 5. The van der Waals surface area contributed by atoms with Crippen LogP contribution in [0.2, 0.25) is 0 Å². The van der Waals surface area contributed by atoms with Crippen molar-refractivity contribution >= 4 is 23.2 Å². The molecule has 31 heavy (non-hydrogen) atoms. The molecule has 0 N–H and O–H groups in total. The minimum absolute atomic E-state index is 0.118. The van der Waals surface area contributed by atoms with Crippen LogP contribution in [0.5, 0.6) is 0 Å². The summed E-state index contributed by atoms with van der Waals surface area (Å²) < 4.78 is 5.49. The van der Waals surface area contributed by atoms with E-state index in [1.807, 2.05) is 40.7 Å². The molecule has 160 valence electrons. The van der Waals surface area contributed by atoms with Crippen LogP contribution in [-0.4, -0.2) is 65.2 Å². The van der Waals surface area contributed by atoms with E-state index in [4.69, 9.17) is 9.72 Å². The first-order chi connectivity index (χ1) is 15.3. The molecule has 0 aromatic carbocycles. The number of anilines is 1. The van der Waals surface area contributed by atoms with Crippen molar-refractivity contribution in [2.24, 2.45) is 0 Å². The second-order valence-electron chi connectivity index (χ2n) is 7.87. The summed E-state index contributed by atoms with van der Waals surface area (Å²) in [4.78, 5) is 31.8. The molecule has 0 saturated carbocycles. The molecule has 2 aliphatic rings. The van der Waals surface area contributed by atoms with Crippen molar-refractivity contribution in [3.05, 3.63) is 58.8 Å². The van der Waals surface area contributed by atoms with Crippen molar-refractivity contribution in [3.63, 3.8) is 0 Å². The van der Waals surface area contributed by atoms with Crippen LogP contribution in [0.1, 0.15) is 34.1 Å². The number of amides is 1. The maximum absolute atomic E-state index is 13.0. The smallest absolute Gasteiger partial charge is 0.263 e. The van der Waals surface area contributed by atoms with Gasteiger partial charge in [-0.2, -0.15) is 0 Å². The van der Waals surface area contributed by atoms with E-state index in [-0.39, 0.29) is 11.8 Å². The SMILES string of the molecule is O=C(c1cccs1)N1CCC[C@@H](c2nc(N3CCOCC3)ncc2-c2ccncc2)C1. The first kappa shape index (κ1) is 20.1. The van der Waals surface area contributed by atoms with E-state index in [1.165, 1.54) is 11.3 Å². The lowest BCUT2D eigenvalue weighted by Gasteiger charge is -2.34. The summed E-state index contributed by atoms with van der Waals surface area (Å²) in [5.41, 5.74) is 3.10. The number of piperidine rings is 1. The average molecular weight is 436 g/mol. The van der Waals surface area contributed by atoms with E-state index in [9.17, 15) is 4.79 Å². The molecular formula is C23H25N5O2S. The lowest BCUT2D eigenvalue weighted by Crippen LogP contribution is -2.40. The predicted molar refractivity (Wildman–Crippen MR) is 120 cm³/mol. The fraction of sp³-hybridized carbons (Fsp3) is 0.391. The van der Waals surface area contributed by atoms with Gasteiger partial charge in [0.15, 0.2) is 0 Å². The number of morpholine rings is 1. The molecule has 3 aromatic heterocycles. The van der Waals surface area contributed by atoms with Gasteiger partial charge in [0.1, 0.15) is 0 Å². The molecule has 1 amide bonds. The van der Waals surface area contributed by atoms with Crippen molar-refractivity contribution in [3.8, 4) is 11.1 Å². The maximum atomic E-state index is 13.0. The standard InChI is InChI=1S/C23H25N5O2S/c29-22(20-4-2-14-31-20)28-9-1-3-18(16-28)21-19(17-5-7-24-8-6-17)15-25-23(26-21)27-10-12-30-13-11-27/h2,4-8,14-15,18H,1,3,9-13,16H2/t18-/m1/s1. The average Bonchev–Trinajstić information content (AvgIpc) is 3.39. The number of thiophene rings is 1. The fourth-order valence-corrected chi connectivity index (χ4v) is 5.00. The van der Waals surface area contributed by atoms with Gasteiger partial charge in [0.25, 0.3) is 5.91 Å². The third kappa shape index (κ3) is 4.31. The van der Waals surface area contributed by atoms with Gasteiger partial charge in [0.05, 0.1) is 23.8 Å².